The number of rotatable bonds is 15. The van der Waals surface area contributed by atoms with Crippen LogP contribution in [0.15, 0.2) is 25.6 Å². The number of ketones is 1. The van der Waals surface area contributed by atoms with Crippen molar-refractivity contribution in [2.45, 2.75) is 407 Å². The predicted octanol–water partition coefficient (Wildman–Crippen LogP) is 4.35. The number of cyclic esters (lactones) is 3. The molecule has 0 spiro atoms. The standard InChI is InChI=1S/C13H22O5.C12H19N3O5.C12H20O6.C10H15N3O4.2C9H13N3O5.C7H13NO3.C6H11N3O3.CH5BS/c1-7-9(8-6-14-12(2,3)16-8)15-11-10(7)17-13(4,5)18-11;1-11(2)16-5-6(18-11)8-7(14-15-13)9-10(17-8)20-12(3,4)19-9;1-11(2)14-5-6(16-11)8-7(13)9-10(15-8)18-12(3,4)17-9;1-5-7(12-13-11)8(16-9(5)14)6-4-15-10(2,3)17-6;2*1-9(2)15-3-4(17-9)7-5(11-12-10)6(13)8(14)16-7;1-4-6(8-2)7(10)5(3-9)11-4;1-3-5(8-9-7)6(11)4(2-10)12-3;1-2-3/h7-11H,6H2,1-5H3;6-10H,5H2,1-4H3;6-10,13H,5H2,1-4H3;5-8H,4H2,1-3H3;2*4-7,13H,3H2,1-2H3;4-6,8-9H,3H2,1-2H3;3-6,10-11H,2H2,1H3;2-3H,1H3/t7-,8+,9-,10+,11+;6-,7-,8-,9-,10-;6-,7+,8-,9-,10-;5-,6-,7+,8-;4-,5+,6+,7-;4-,5+,6-,7-;4-,5-,6+;3-,4-,5+,6-;/m01111111./s1/i;;;;;;9T;;2D. The number of nitrogens with zero attached hydrogens (tertiary/aromatic N) is 15. The van der Waals surface area contributed by atoms with E-state index in [1.807, 2.05) is 62.3 Å². The molecule has 0 aromatic carbocycles. The summed E-state index contributed by atoms with van der Waals surface area (Å²) in [6.45, 7) is 43.3. The molecule has 17 saturated heterocycles. The second kappa shape index (κ2) is 45.4. The lowest BCUT2D eigenvalue weighted by Gasteiger charge is -2.27. The van der Waals surface area contributed by atoms with Crippen molar-refractivity contribution < 1.29 is 173 Å². The summed E-state index contributed by atoms with van der Waals surface area (Å²) < 4.78 is 157. The number of carbonyl (C=O) groups is 4. The van der Waals surface area contributed by atoms with Crippen LogP contribution in [-0.4, -0.2) is 371 Å². The van der Waals surface area contributed by atoms with E-state index in [9.17, 15) is 39.6 Å². The molecule has 0 aliphatic carbocycles. The van der Waals surface area contributed by atoms with E-state index < -0.39 is 204 Å². The van der Waals surface area contributed by atoms with Crippen molar-refractivity contribution in [1.82, 2.24) is 5.32 Å². The maximum absolute atomic E-state index is 11.5. The quantitative estimate of drug-likeness (QED) is 0.0215. The van der Waals surface area contributed by atoms with Gasteiger partial charge in [-0.2, -0.15) is 0 Å². The summed E-state index contributed by atoms with van der Waals surface area (Å²) in [6.07, 6.45) is -13.7. The topological polar surface area (TPSA) is 685 Å². The average Bonchev–Trinajstić information content (AvgIpc) is 1.61. The first-order chi connectivity index (χ1) is 62.8. The van der Waals surface area contributed by atoms with Crippen LogP contribution in [0.5, 0.6) is 0 Å². The van der Waals surface area contributed by atoms with E-state index in [-0.39, 0.29) is 112 Å². The molecule has 0 unspecified atom stereocenters. The zero-order valence-electron chi connectivity index (χ0n) is 80.9. The minimum absolute atomic E-state index is 0.0152. The fourth-order valence-corrected chi connectivity index (χ4v) is 17.3. The van der Waals surface area contributed by atoms with E-state index in [0.717, 1.165) is 0 Å². The second-order valence-corrected chi connectivity index (χ2v) is 38.1. The Morgan fingerprint density at radius 2 is 0.729 bits per heavy atom. The van der Waals surface area contributed by atoms with Crippen molar-refractivity contribution in [2.75, 3.05) is 59.9 Å². The third-order valence-corrected chi connectivity index (χ3v) is 23.3. The molecule has 0 aromatic heterocycles. The number of hydrogen-bond donors (Lipinski definition) is 8. The maximum Gasteiger partial charge on any atom is 0.335 e. The Labute approximate surface area is 777 Å². The Balaban J connectivity index is 0.000000173. The van der Waals surface area contributed by atoms with Crippen LogP contribution >= 0.6 is 12.5 Å². The van der Waals surface area contributed by atoms with E-state index in [0.29, 0.717) is 26.4 Å². The number of aliphatic hydroxyl groups is 6. The van der Waals surface area contributed by atoms with Crippen molar-refractivity contribution in [1.29, 1.82) is 2.77 Å². The minimum Gasteiger partial charge on any atom is -0.459 e. The third-order valence-electron chi connectivity index (χ3n) is 23.3. The van der Waals surface area contributed by atoms with Gasteiger partial charge < -0.3 is 159 Å². The monoisotopic (exact) mass is 1930 g/mol. The molecular weight excluding hydrogens is 1790 g/mol. The van der Waals surface area contributed by atoms with Crippen LogP contribution in [-0.2, 0) is 142 Å². The van der Waals surface area contributed by atoms with Crippen LogP contribution in [0.3, 0.4) is 0 Å². The number of fused-ring (bicyclic) bond motifs is 3. The third kappa shape index (κ3) is 27.9. The molecule has 17 aliphatic heterocycles. The van der Waals surface area contributed by atoms with Crippen LogP contribution in [0.4, 0.5) is 0 Å². The van der Waals surface area contributed by atoms with Crippen LogP contribution in [0.1, 0.15) is 152 Å². The molecule has 17 rings (SSSR count). The van der Waals surface area contributed by atoms with Gasteiger partial charge in [0.05, 0.1) is 107 Å². The highest BCUT2D eigenvalue weighted by molar-refractivity contribution is 8.06. The summed E-state index contributed by atoms with van der Waals surface area (Å²) in [5, 5.41) is 72.0. The summed E-state index contributed by atoms with van der Waals surface area (Å²) in [6, 6.07) is -3.83. The summed E-state index contributed by atoms with van der Waals surface area (Å²) in [4.78, 5) is 58.8. The van der Waals surface area contributed by atoms with Crippen molar-refractivity contribution in [3.8, 4) is 0 Å². The Bertz CT molecular complexity index is 4010. The van der Waals surface area contributed by atoms with Gasteiger partial charge in [-0.05, 0) is 175 Å². The lowest BCUT2D eigenvalue weighted by atomic mass is 9.97. The van der Waals surface area contributed by atoms with Gasteiger partial charge >= 0.3 is 17.9 Å². The van der Waals surface area contributed by atoms with Gasteiger partial charge in [0.2, 0.25) is 1.43 Å². The lowest BCUT2D eigenvalue weighted by Crippen LogP contribution is -2.42. The van der Waals surface area contributed by atoms with Gasteiger partial charge in [0.25, 0.3) is 0 Å². The molecular formula is C79H131BN16O36S. The number of thiol groups is 1. The van der Waals surface area contributed by atoms with E-state index in [2.05, 4.69) is 80.0 Å². The number of likely N-dealkylation sites (N-methyl/N-ethyl adjacent to an activating group) is 1. The molecule has 133 heavy (non-hydrogen) atoms. The van der Waals surface area contributed by atoms with Crippen LogP contribution in [0, 0.1) is 11.8 Å². The normalized spacial score (nSPS) is 42.6. The number of azide groups is 5. The molecule has 7 N–H and O–H groups in total. The average molecular weight is 1930 g/mol. The first kappa shape index (κ1) is 107. The molecule has 0 amide bonds. The van der Waals surface area contributed by atoms with Crippen molar-refractivity contribution in [3.05, 3.63) is 52.2 Å². The highest BCUT2D eigenvalue weighted by Crippen LogP contribution is 2.47. The smallest absolute Gasteiger partial charge is 0.335 e. The number of ether oxygens (including phenoxy) is 26. The van der Waals surface area contributed by atoms with Crippen molar-refractivity contribution >= 4 is 42.7 Å². The van der Waals surface area contributed by atoms with Crippen molar-refractivity contribution in [2.24, 2.45) is 37.4 Å². The molecule has 52 nitrogen and oxygen atoms in total. The van der Waals surface area contributed by atoms with Gasteiger partial charge in [-0.1, -0.05) is 46.2 Å². The van der Waals surface area contributed by atoms with Gasteiger partial charge in [-0.25, -0.2) is 22.1 Å². The Morgan fingerprint density at radius 1 is 0.406 bits per heavy atom. The number of carbonyl (C=O) groups excluding carboxylic acids is 4. The Kier molecular flexibility index (Phi) is 36.6. The Morgan fingerprint density at radius 3 is 1.08 bits per heavy atom. The first-order valence-electron chi connectivity index (χ1n) is 44.6. The zero-order chi connectivity index (χ0) is 101. The van der Waals surface area contributed by atoms with Gasteiger partial charge in [0.15, 0.2) is 95.5 Å². The van der Waals surface area contributed by atoms with Gasteiger partial charge in [0.1, 0.15) is 116 Å². The summed E-state index contributed by atoms with van der Waals surface area (Å²) >= 11 is 3.63. The largest absolute Gasteiger partial charge is 0.459 e. The van der Waals surface area contributed by atoms with Crippen LogP contribution in [0.25, 0.3) is 52.2 Å². The van der Waals surface area contributed by atoms with Crippen LogP contribution < -0.4 is 5.32 Å². The lowest BCUT2D eigenvalue weighted by molar-refractivity contribution is -0.232. The SMILES string of the molecule is CC1(C)OC[C@H]([C@H]2OC(=O)[C@@H](O)[C@@H]2N=[N+]=[N-])O1.CC1(C)OC[C@H]([C@H]2OC(=O)[C@H](O)[C@@H]2N=[N+]=[N-])O1.CC1(C)O[C@H]2O[C@H]([C@H]3COC(C)(C)O3)[C@@H](N=[N+]=[N-])[C@H]2O1.CC1(C)O[C@H]2O[C@H]([C@H]3COC(C)(C)O3)[C@H](O)[C@H]2O1.C[C@@H]1[C@H]2OC(C)(C)O[C@H]2O[C@@H]1[C@H]1COC(C)(C)O1.C[C@H]1C(=O)O[C@H]([C@H]2COC(C)(C)O2)[C@H]1N=[N+]=[N-].C[C@H]1O[C@H](CO)[C@@H](O)[C@H]1N=[N+]=[N-].[2H]B(C)S.[3H]OC[C@H]1O[C@H](C)[C@H](NC)C1=O. The van der Waals surface area contributed by atoms with E-state index in [1.165, 1.54) is 0 Å². The number of nitrogens with one attached hydrogen (secondary N) is 1. The molecule has 0 radical (unpaired) electrons. The van der Waals surface area contributed by atoms with E-state index >= 15 is 0 Å². The highest BCUT2D eigenvalue weighted by Gasteiger charge is 2.62. The molecule has 0 bridgehead atoms. The van der Waals surface area contributed by atoms with E-state index in [4.69, 9.17) is 159 Å². The summed E-state index contributed by atoms with van der Waals surface area (Å²) in [5.74, 6) is -8.26. The predicted molar refractivity (Wildman–Crippen MR) is 455 cm³/mol. The second-order valence-electron chi connectivity index (χ2n) is 37.6. The minimum atomic E-state index is -1.44. The maximum atomic E-state index is 11.5. The zero-order valence-corrected chi connectivity index (χ0v) is 79.8. The molecule has 17 aliphatic rings. The number of esters is 3. The molecule has 54 heteroatoms. The molecule has 17 fully saturated rings. The van der Waals surface area contributed by atoms with Crippen LogP contribution in [0.2, 0.25) is 6.82 Å². The fourth-order valence-electron chi connectivity index (χ4n) is 17.3. The molecule has 34 atom stereocenters. The summed E-state index contributed by atoms with van der Waals surface area (Å²) in [5.41, 5.74) is 42.2. The van der Waals surface area contributed by atoms with Gasteiger partial charge in [-0.3, -0.25) is 9.59 Å². The molecule has 752 valence electrons. The highest BCUT2D eigenvalue weighted by atomic mass is 32.1. The summed E-state index contributed by atoms with van der Waals surface area (Å²) in [7, 11) is 1.71. The fraction of sp³-hybridized carbons (Fsp3) is 0.949. The number of Topliss-reactive ketones (excluding diaryl/α,β-unsaturated/α-hetero) is 1. The van der Waals surface area contributed by atoms with Gasteiger partial charge in [0, 0.05) is 30.5 Å². The van der Waals surface area contributed by atoms with Crippen molar-refractivity contribution in [3.63, 3.8) is 0 Å². The Hall–Kier alpha value is -6.16. The first-order valence-corrected chi connectivity index (χ1v) is 44.1. The number of aliphatic hydroxyl groups excluding tert-OH is 6. The number of hydrogen-bond acceptors (Lipinski definition) is 43. The molecule has 0 aromatic rings. The molecule has 17 heterocycles. The van der Waals surface area contributed by atoms with Gasteiger partial charge in [-0.15, -0.1) is 0 Å². The van der Waals surface area contributed by atoms with E-state index in [1.54, 1.807) is 97.0 Å². The molecule has 0 saturated carbocycles.